The summed E-state index contributed by atoms with van der Waals surface area (Å²) in [5.74, 6) is 1.78. The number of methoxy groups -OCH3 is 2. The van der Waals surface area contributed by atoms with E-state index in [1.165, 1.54) is 12.4 Å². The zero-order valence-corrected chi connectivity index (χ0v) is 16.7. The van der Waals surface area contributed by atoms with Gasteiger partial charge in [0.05, 0.1) is 26.6 Å². The van der Waals surface area contributed by atoms with Gasteiger partial charge in [-0.25, -0.2) is 19.2 Å². The van der Waals surface area contributed by atoms with Crippen LogP contribution in [0.2, 0.25) is 0 Å². The van der Waals surface area contributed by atoms with Gasteiger partial charge in [-0.1, -0.05) is 6.07 Å². The molecule has 1 aliphatic rings. The van der Waals surface area contributed by atoms with Crippen molar-refractivity contribution >= 4 is 12.0 Å². The molecule has 29 heavy (non-hydrogen) atoms. The monoisotopic (exact) mass is 403 g/mol. The number of amides is 2. The Bertz CT molecular complexity index is 810. The summed E-state index contributed by atoms with van der Waals surface area (Å²) in [6, 6.07) is 5.33. The Morgan fingerprint density at radius 1 is 1.14 bits per heavy atom. The van der Waals surface area contributed by atoms with Crippen LogP contribution in [0.4, 0.5) is 15.1 Å². The third-order valence-corrected chi connectivity index (χ3v) is 4.96. The lowest BCUT2D eigenvalue weighted by Gasteiger charge is -2.31. The first-order chi connectivity index (χ1) is 14.1. The van der Waals surface area contributed by atoms with E-state index < -0.39 is 5.82 Å². The van der Waals surface area contributed by atoms with Crippen LogP contribution in [-0.4, -0.2) is 49.9 Å². The Balaban J connectivity index is 1.38. The van der Waals surface area contributed by atoms with Crippen LogP contribution in [0.25, 0.3) is 0 Å². The van der Waals surface area contributed by atoms with E-state index in [0.29, 0.717) is 36.5 Å². The molecule has 1 fully saturated rings. The molecule has 156 valence electrons. The summed E-state index contributed by atoms with van der Waals surface area (Å²) in [6.45, 7) is 2.57. The normalized spacial score (nSPS) is 14.4. The number of aromatic nitrogens is 2. The zero-order chi connectivity index (χ0) is 20.6. The number of hydrogen-bond acceptors (Lipinski definition) is 6. The number of carbonyl (C=O) groups is 1. The number of nitrogens with zero attached hydrogens (tertiary/aromatic N) is 3. The Morgan fingerprint density at radius 3 is 2.48 bits per heavy atom. The first-order valence-electron chi connectivity index (χ1n) is 9.54. The van der Waals surface area contributed by atoms with Gasteiger partial charge in [0.25, 0.3) is 0 Å². The summed E-state index contributed by atoms with van der Waals surface area (Å²) in [7, 11) is 3.16. The van der Waals surface area contributed by atoms with Gasteiger partial charge < -0.3 is 25.0 Å². The molecule has 0 aliphatic carbocycles. The maximum absolute atomic E-state index is 12.9. The van der Waals surface area contributed by atoms with Crippen molar-refractivity contribution in [1.29, 1.82) is 0 Å². The molecule has 0 radical (unpaired) electrons. The van der Waals surface area contributed by atoms with E-state index in [1.807, 2.05) is 23.1 Å². The maximum Gasteiger partial charge on any atom is 0.315 e. The van der Waals surface area contributed by atoms with E-state index in [1.54, 1.807) is 14.2 Å². The summed E-state index contributed by atoms with van der Waals surface area (Å²) in [6.07, 6.45) is 4.19. The van der Waals surface area contributed by atoms with Gasteiger partial charge in [0, 0.05) is 26.2 Å². The minimum Gasteiger partial charge on any atom is -0.493 e. The van der Waals surface area contributed by atoms with Gasteiger partial charge in [0.1, 0.15) is 0 Å². The van der Waals surface area contributed by atoms with Crippen LogP contribution in [-0.2, 0) is 6.54 Å². The number of anilines is 1. The number of rotatable bonds is 7. The molecule has 9 heteroatoms. The third kappa shape index (κ3) is 5.69. The number of benzene rings is 1. The van der Waals surface area contributed by atoms with Gasteiger partial charge >= 0.3 is 6.03 Å². The van der Waals surface area contributed by atoms with Crippen molar-refractivity contribution in [2.24, 2.45) is 5.92 Å². The molecule has 0 spiro atoms. The van der Waals surface area contributed by atoms with E-state index in [2.05, 4.69) is 20.6 Å². The Morgan fingerprint density at radius 2 is 1.83 bits per heavy atom. The summed E-state index contributed by atoms with van der Waals surface area (Å²) in [5, 5.41) is 5.79. The minimum atomic E-state index is -0.438. The quantitative estimate of drug-likeness (QED) is 0.738. The minimum absolute atomic E-state index is 0.205. The molecule has 0 unspecified atom stereocenters. The Kier molecular flexibility index (Phi) is 7.04. The first kappa shape index (κ1) is 20.6. The van der Waals surface area contributed by atoms with Crippen molar-refractivity contribution < 1.29 is 18.7 Å². The van der Waals surface area contributed by atoms with E-state index in [-0.39, 0.29) is 6.03 Å². The SMILES string of the molecule is COc1ccc(CNC(=O)NCC2CCN(c3ncc(F)cn3)CC2)cc1OC. The lowest BCUT2D eigenvalue weighted by molar-refractivity contribution is 0.237. The summed E-state index contributed by atoms with van der Waals surface area (Å²) in [5.41, 5.74) is 0.922. The van der Waals surface area contributed by atoms with Crippen LogP contribution in [0.1, 0.15) is 18.4 Å². The zero-order valence-electron chi connectivity index (χ0n) is 16.7. The molecule has 1 aromatic carbocycles. The molecule has 0 atom stereocenters. The molecular formula is C20H26FN5O3. The first-order valence-corrected chi connectivity index (χ1v) is 9.54. The van der Waals surface area contributed by atoms with Gasteiger partial charge in [-0.05, 0) is 36.5 Å². The van der Waals surface area contributed by atoms with Gasteiger partial charge in [-0.2, -0.15) is 0 Å². The van der Waals surface area contributed by atoms with Crippen molar-refractivity contribution in [2.45, 2.75) is 19.4 Å². The molecule has 0 bridgehead atoms. The smallest absolute Gasteiger partial charge is 0.315 e. The lowest BCUT2D eigenvalue weighted by Crippen LogP contribution is -2.42. The highest BCUT2D eigenvalue weighted by Crippen LogP contribution is 2.27. The van der Waals surface area contributed by atoms with Gasteiger partial charge in [0.15, 0.2) is 17.3 Å². The third-order valence-electron chi connectivity index (χ3n) is 4.96. The molecule has 2 aromatic rings. The van der Waals surface area contributed by atoms with Crippen molar-refractivity contribution in [3.8, 4) is 11.5 Å². The maximum atomic E-state index is 12.9. The number of urea groups is 1. The molecule has 1 aliphatic heterocycles. The second kappa shape index (κ2) is 9.90. The highest BCUT2D eigenvalue weighted by molar-refractivity contribution is 5.73. The van der Waals surface area contributed by atoms with Crippen LogP contribution >= 0.6 is 0 Å². The highest BCUT2D eigenvalue weighted by Gasteiger charge is 2.21. The predicted octanol–water partition coefficient (Wildman–Crippen LogP) is 2.35. The summed E-state index contributed by atoms with van der Waals surface area (Å²) >= 11 is 0. The summed E-state index contributed by atoms with van der Waals surface area (Å²) in [4.78, 5) is 22.2. The van der Waals surface area contributed by atoms with Crippen LogP contribution in [0.5, 0.6) is 11.5 Å². The fraction of sp³-hybridized carbons (Fsp3) is 0.450. The molecule has 2 N–H and O–H groups in total. The van der Waals surface area contributed by atoms with E-state index in [4.69, 9.17) is 9.47 Å². The molecule has 1 saturated heterocycles. The molecule has 2 heterocycles. The average molecular weight is 403 g/mol. The number of hydrogen-bond donors (Lipinski definition) is 2. The van der Waals surface area contributed by atoms with Crippen molar-refractivity contribution in [3.63, 3.8) is 0 Å². The van der Waals surface area contributed by atoms with E-state index in [0.717, 1.165) is 31.5 Å². The van der Waals surface area contributed by atoms with Crippen LogP contribution in [0.15, 0.2) is 30.6 Å². The Hall–Kier alpha value is -3.10. The second-order valence-corrected chi connectivity index (χ2v) is 6.88. The largest absolute Gasteiger partial charge is 0.493 e. The number of ether oxygens (including phenoxy) is 2. The van der Waals surface area contributed by atoms with Gasteiger partial charge in [0.2, 0.25) is 5.95 Å². The van der Waals surface area contributed by atoms with Crippen LogP contribution in [0, 0.1) is 11.7 Å². The molecule has 3 rings (SSSR count). The molecule has 0 saturated carbocycles. The van der Waals surface area contributed by atoms with Gasteiger partial charge in [-0.15, -0.1) is 0 Å². The molecule has 1 aromatic heterocycles. The van der Waals surface area contributed by atoms with Gasteiger partial charge in [-0.3, -0.25) is 0 Å². The van der Waals surface area contributed by atoms with E-state index >= 15 is 0 Å². The fourth-order valence-electron chi connectivity index (χ4n) is 3.28. The second-order valence-electron chi connectivity index (χ2n) is 6.88. The van der Waals surface area contributed by atoms with Crippen molar-refractivity contribution in [1.82, 2.24) is 20.6 Å². The van der Waals surface area contributed by atoms with Crippen molar-refractivity contribution in [3.05, 3.63) is 42.0 Å². The molecule has 8 nitrogen and oxygen atoms in total. The Labute approximate surface area is 169 Å². The number of carbonyl (C=O) groups excluding carboxylic acids is 1. The van der Waals surface area contributed by atoms with Crippen LogP contribution in [0.3, 0.4) is 0 Å². The summed E-state index contributed by atoms with van der Waals surface area (Å²) < 4.78 is 23.4. The standard InChI is InChI=1S/C20H26FN5O3/c1-28-17-4-3-15(9-18(17)29-2)11-25-20(27)24-10-14-5-7-26(8-6-14)19-22-12-16(21)13-23-19/h3-4,9,12-14H,5-8,10-11H2,1-2H3,(H2,24,25,27). The fourth-order valence-corrected chi connectivity index (χ4v) is 3.28. The van der Waals surface area contributed by atoms with Crippen LogP contribution < -0.4 is 25.0 Å². The highest BCUT2D eigenvalue weighted by atomic mass is 19.1. The molecule has 2 amide bonds. The molecular weight excluding hydrogens is 377 g/mol. The topological polar surface area (TPSA) is 88.6 Å². The van der Waals surface area contributed by atoms with E-state index in [9.17, 15) is 9.18 Å². The number of piperidine rings is 1. The number of halogens is 1. The number of nitrogens with one attached hydrogen (secondary N) is 2. The van der Waals surface area contributed by atoms with Crippen molar-refractivity contribution in [2.75, 3.05) is 38.8 Å². The predicted molar refractivity (Wildman–Crippen MR) is 107 cm³/mol. The lowest BCUT2D eigenvalue weighted by atomic mass is 9.97. The average Bonchev–Trinajstić information content (AvgIpc) is 2.77.